The quantitative estimate of drug-likeness (QED) is 0.544. The summed E-state index contributed by atoms with van der Waals surface area (Å²) in [6.45, 7) is 2.97. The molecule has 174 valence electrons. The highest BCUT2D eigenvalue weighted by Crippen LogP contribution is 2.39. The third kappa shape index (κ3) is 3.84. The van der Waals surface area contributed by atoms with E-state index in [1.54, 1.807) is 34.4 Å². The number of thiophene rings is 1. The predicted octanol–water partition coefficient (Wildman–Crippen LogP) is 4.56. The van der Waals surface area contributed by atoms with Gasteiger partial charge in [0.2, 0.25) is 12.7 Å². The molecule has 3 aliphatic rings. The standard InChI is InChI=1S/C27H26N2O4S/c1-17-2-4-18(5-3-17)26-21-11-13-34-24(21)10-12-28(26)25(30)15-29(20-7-8-20)27(31)19-6-9-22-23(14-19)33-16-32-22/h2-6,9,11,13-14,20,26H,7-8,10,12,15-16H2,1H3. The van der Waals surface area contributed by atoms with Crippen LogP contribution >= 0.6 is 11.3 Å². The van der Waals surface area contributed by atoms with Gasteiger partial charge in [-0.1, -0.05) is 29.8 Å². The largest absolute Gasteiger partial charge is 0.454 e. The summed E-state index contributed by atoms with van der Waals surface area (Å²) in [5, 5.41) is 2.11. The van der Waals surface area contributed by atoms with Gasteiger partial charge in [0.25, 0.3) is 5.91 Å². The van der Waals surface area contributed by atoms with Gasteiger partial charge >= 0.3 is 0 Å². The van der Waals surface area contributed by atoms with Crippen molar-refractivity contribution in [3.05, 3.63) is 81.0 Å². The van der Waals surface area contributed by atoms with Crippen molar-refractivity contribution in [2.24, 2.45) is 0 Å². The zero-order valence-electron chi connectivity index (χ0n) is 19.0. The lowest BCUT2D eigenvalue weighted by atomic mass is 9.92. The van der Waals surface area contributed by atoms with Gasteiger partial charge in [-0.3, -0.25) is 9.59 Å². The van der Waals surface area contributed by atoms with Crippen molar-refractivity contribution in [2.75, 3.05) is 19.9 Å². The van der Waals surface area contributed by atoms with Gasteiger partial charge in [0.1, 0.15) is 6.54 Å². The Kier molecular flexibility index (Phi) is 5.29. The van der Waals surface area contributed by atoms with Crippen LogP contribution in [0.15, 0.2) is 53.9 Å². The van der Waals surface area contributed by atoms with Crippen molar-refractivity contribution in [3.63, 3.8) is 0 Å². The number of rotatable bonds is 5. The van der Waals surface area contributed by atoms with Crippen LogP contribution in [-0.4, -0.2) is 47.5 Å². The van der Waals surface area contributed by atoms with E-state index in [0.29, 0.717) is 23.6 Å². The van der Waals surface area contributed by atoms with E-state index in [1.165, 1.54) is 16.0 Å². The van der Waals surface area contributed by atoms with Crippen LogP contribution in [-0.2, 0) is 11.2 Å². The highest BCUT2D eigenvalue weighted by Gasteiger charge is 2.38. The molecule has 0 N–H and O–H groups in total. The molecule has 6 rings (SSSR count). The molecular formula is C27H26N2O4S. The highest BCUT2D eigenvalue weighted by molar-refractivity contribution is 7.10. The van der Waals surface area contributed by atoms with Gasteiger partial charge < -0.3 is 19.3 Å². The van der Waals surface area contributed by atoms with Crippen molar-refractivity contribution in [1.29, 1.82) is 0 Å². The minimum atomic E-state index is -0.130. The first-order chi connectivity index (χ1) is 16.6. The summed E-state index contributed by atoms with van der Waals surface area (Å²) in [5.41, 5.74) is 4.03. The first-order valence-electron chi connectivity index (χ1n) is 11.7. The lowest BCUT2D eigenvalue weighted by molar-refractivity contribution is -0.134. The van der Waals surface area contributed by atoms with Crippen LogP contribution < -0.4 is 9.47 Å². The number of benzene rings is 2. The zero-order valence-corrected chi connectivity index (χ0v) is 19.8. The molecule has 1 fully saturated rings. The summed E-state index contributed by atoms with van der Waals surface area (Å²) in [7, 11) is 0. The average molecular weight is 475 g/mol. The van der Waals surface area contributed by atoms with Gasteiger partial charge in [0, 0.05) is 23.0 Å². The van der Waals surface area contributed by atoms with Crippen molar-refractivity contribution >= 4 is 23.2 Å². The summed E-state index contributed by atoms with van der Waals surface area (Å²) < 4.78 is 10.8. The number of amides is 2. The Labute approximate surface area is 202 Å². The second-order valence-electron chi connectivity index (χ2n) is 9.18. The minimum Gasteiger partial charge on any atom is -0.454 e. The van der Waals surface area contributed by atoms with E-state index in [0.717, 1.165) is 24.8 Å². The van der Waals surface area contributed by atoms with Gasteiger partial charge in [-0.05, 0) is 67.0 Å². The van der Waals surface area contributed by atoms with Gasteiger partial charge in [-0.2, -0.15) is 0 Å². The third-order valence-electron chi connectivity index (χ3n) is 6.85. The van der Waals surface area contributed by atoms with E-state index >= 15 is 0 Å². The van der Waals surface area contributed by atoms with E-state index in [4.69, 9.17) is 9.47 Å². The molecule has 2 amide bonds. The van der Waals surface area contributed by atoms with E-state index in [-0.39, 0.29) is 37.2 Å². The Morgan fingerprint density at radius 2 is 1.85 bits per heavy atom. The zero-order chi connectivity index (χ0) is 23.2. The average Bonchev–Trinajstić information content (AvgIpc) is 3.38. The van der Waals surface area contributed by atoms with E-state index in [1.807, 2.05) is 4.90 Å². The van der Waals surface area contributed by atoms with Crippen molar-refractivity contribution in [2.45, 2.75) is 38.3 Å². The molecule has 2 aromatic carbocycles. The molecule has 0 bridgehead atoms. The molecular weight excluding hydrogens is 448 g/mol. The molecule has 2 aliphatic heterocycles. The Balaban J connectivity index is 1.27. The molecule has 1 aliphatic carbocycles. The van der Waals surface area contributed by atoms with Crippen molar-refractivity contribution in [3.8, 4) is 11.5 Å². The molecule has 1 atom stereocenters. The maximum absolute atomic E-state index is 13.7. The van der Waals surface area contributed by atoms with Gasteiger partial charge in [0.15, 0.2) is 11.5 Å². The maximum atomic E-state index is 13.7. The van der Waals surface area contributed by atoms with Crippen molar-refractivity contribution < 1.29 is 19.1 Å². The normalized spacial score (nSPS) is 18.5. The topological polar surface area (TPSA) is 59.1 Å². The third-order valence-corrected chi connectivity index (χ3v) is 7.85. The lowest BCUT2D eigenvalue weighted by Crippen LogP contribution is -2.47. The highest BCUT2D eigenvalue weighted by atomic mass is 32.1. The first kappa shape index (κ1) is 21.2. The fourth-order valence-electron chi connectivity index (χ4n) is 4.88. The fourth-order valence-corrected chi connectivity index (χ4v) is 5.78. The molecule has 3 aromatic rings. The number of ether oxygens (including phenoxy) is 2. The Morgan fingerprint density at radius 1 is 1.06 bits per heavy atom. The van der Waals surface area contributed by atoms with E-state index in [9.17, 15) is 9.59 Å². The second kappa shape index (κ2) is 8.47. The number of fused-ring (bicyclic) bond motifs is 2. The molecule has 6 nitrogen and oxygen atoms in total. The summed E-state index contributed by atoms with van der Waals surface area (Å²) in [6, 6.07) is 15.8. The molecule has 0 spiro atoms. The van der Waals surface area contributed by atoms with Crippen LogP contribution in [0.1, 0.15) is 50.8 Å². The minimum absolute atomic E-state index is 0.0107. The van der Waals surface area contributed by atoms with Crippen LogP contribution in [0.25, 0.3) is 0 Å². The molecule has 0 saturated heterocycles. The SMILES string of the molecule is Cc1ccc(C2c3ccsc3CCN2C(=O)CN(C(=O)c2ccc3c(c2)OCO3)C2CC2)cc1. The van der Waals surface area contributed by atoms with Gasteiger partial charge in [-0.15, -0.1) is 11.3 Å². The van der Waals surface area contributed by atoms with Crippen LogP contribution in [0, 0.1) is 6.92 Å². The number of carbonyl (C=O) groups excluding carboxylic acids is 2. The molecule has 7 heteroatoms. The van der Waals surface area contributed by atoms with Crippen LogP contribution in [0.5, 0.6) is 11.5 Å². The van der Waals surface area contributed by atoms with Crippen LogP contribution in [0.4, 0.5) is 0 Å². The maximum Gasteiger partial charge on any atom is 0.254 e. The van der Waals surface area contributed by atoms with Crippen LogP contribution in [0.2, 0.25) is 0 Å². The first-order valence-corrected chi connectivity index (χ1v) is 12.6. The summed E-state index contributed by atoms with van der Waals surface area (Å²) in [4.78, 5) is 32.2. The summed E-state index contributed by atoms with van der Waals surface area (Å²) in [6.07, 6.45) is 2.71. The van der Waals surface area contributed by atoms with E-state index in [2.05, 4.69) is 42.6 Å². The number of hydrogen-bond donors (Lipinski definition) is 0. The Bertz CT molecular complexity index is 1250. The second-order valence-corrected chi connectivity index (χ2v) is 10.2. The van der Waals surface area contributed by atoms with Gasteiger partial charge in [0.05, 0.1) is 6.04 Å². The van der Waals surface area contributed by atoms with Crippen LogP contribution in [0.3, 0.4) is 0 Å². The predicted molar refractivity (Wildman–Crippen MR) is 129 cm³/mol. The van der Waals surface area contributed by atoms with Crippen molar-refractivity contribution in [1.82, 2.24) is 9.80 Å². The fraction of sp³-hybridized carbons (Fsp3) is 0.333. The molecule has 34 heavy (non-hydrogen) atoms. The number of hydrogen-bond acceptors (Lipinski definition) is 5. The number of nitrogens with zero attached hydrogens (tertiary/aromatic N) is 2. The molecule has 1 unspecified atom stereocenters. The number of carbonyl (C=O) groups is 2. The summed E-state index contributed by atoms with van der Waals surface area (Å²) in [5.74, 6) is 1.08. The van der Waals surface area contributed by atoms with E-state index < -0.39 is 0 Å². The molecule has 0 radical (unpaired) electrons. The Hall–Kier alpha value is -3.32. The smallest absolute Gasteiger partial charge is 0.254 e. The lowest BCUT2D eigenvalue weighted by Gasteiger charge is -2.37. The summed E-state index contributed by atoms with van der Waals surface area (Å²) >= 11 is 1.76. The molecule has 1 saturated carbocycles. The Morgan fingerprint density at radius 3 is 2.65 bits per heavy atom. The molecule has 3 heterocycles. The number of aryl methyl sites for hydroxylation is 1. The monoisotopic (exact) mass is 474 g/mol. The van der Waals surface area contributed by atoms with Gasteiger partial charge in [-0.25, -0.2) is 0 Å². The molecule has 1 aromatic heterocycles.